The summed E-state index contributed by atoms with van der Waals surface area (Å²) in [6.07, 6.45) is 2.16. The van der Waals surface area contributed by atoms with E-state index in [-0.39, 0.29) is 46.6 Å². The maximum Gasteiger partial charge on any atom is 0.263 e. The topological polar surface area (TPSA) is 152 Å². The first-order valence-corrected chi connectivity index (χ1v) is 15.7. The van der Waals surface area contributed by atoms with E-state index in [1.807, 2.05) is 6.07 Å². The van der Waals surface area contributed by atoms with Crippen LogP contribution in [0.1, 0.15) is 19.3 Å². The second-order valence-electron chi connectivity index (χ2n) is 10.9. The van der Waals surface area contributed by atoms with Crippen molar-refractivity contribution in [3.8, 4) is 11.5 Å². The van der Waals surface area contributed by atoms with E-state index in [0.717, 1.165) is 12.8 Å². The molecule has 2 heterocycles. The van der Waals surface area contributed by atoms with Crippen molar-refractivity contribution in [2.45, 2.75) is 24.2 Å². The SMILES string of the molecule is COc1cc(Nc2nc3ccccc3nc2NS(=O)(=O)c2cccc(NC(=O)CC3CN(C(=O)C4CC4)C3)c2)cc(OC)c1. The third-order valence-corrected chi connectivity index (χ3v) is 8.85. The first kappa shape index (κ1) is 29.2. The standard InChI is InChI=1S/C31H32N6O6S/c1-42-23-13-22(14-24(16-23)43-2)33-29-30(35-27-9-4-3-8-26(27)34-29)36-44(40,41)25-7-5-6-21(15-25)32-28(38)12-19-17-37(18-19)31(39)20-10-11-20/h3-9,13-16,19-20H,10-12,17-18H2,1-2H3,(H,32,38)(H,33,34)(H,35,36). The Morgan fingerprint density at radius 1 is 0.864 bits per heavy atom. The van der Waals surface area contributed by atoms with E-state index < -0.39 is 10.0 Å². The Morgan fingerprint density at radius 3 is 2.16 bits per heavy atom. The van der Waals surface area contributed by atoms with Gasteiger partial charge in [0, 0.05) is 60.9 Å². The fourth-order valence-corrected chi connectivity index (χ4v) is 6.10. The number of aromatic nitrogens is 2. The third kappa shape index (κ3) is 6.52. The van der Waals surface area contributed by atoms with E-state index in [0.29, 0.717) is 47.0 Å². The van der Waals surface area contributed by atoms with Gasteiger partial charge in [0.25, 0.3) is 10.0 Å². The van der Waals surface area contributed by atoms with Gasteiger partial charge < -0.3 is 25.0 Å². The number of hydrogen-bond donors (Lipinski definition) is 3. The molecule has 0 radical (unpaired) electrons. The van der Waals surface area contributed by atoms with Crippen LogP contribution in [-0.2, 0) is 19.6 Å². The van der Waals surface area contributed by atoms with Crippen LogP contribution in [-0.4, -0.2) is 62.4 Å². The lowest BCUT2D eigenvalue weighted by molar-refractivity contribution is -0.140. The quantitative estimate of drug-likeness (QED) is 0.223. The van der Waals surface area contributed by atoms with Gasteiger partial charge in [-0.1, -0.05) is 18.2 Å². The van der Waals surface area contributed by atoms with E-state index in [2.05, 4.69) is 25.3 Å². The second-order valence-corrected chi connectivity index (χ2v) is 12.6. The molecular formula is C31H32N6O6S. The maximum atomic E-state index is 13.6. The molecule has 3 aromatic carbocycles. The Hall–Kier alpha value is -4.91. The third-order valence-electron chi connectivity index (χ3n) is 7.51. The van der Waals surface area contributed by atoms with Gasteiger partial charge in [0.1, 0.15) is 11.5 Å². The van der Waals surface area contributed by atoms with Crippen LogP contribution in [0.25, 0.3) is 11.0 Å². The normalized spacial score (nSPS) is 14.9. The summed E-state index contributed by atoms with van der Waals surface area (Å²) in [5, 5.41) is 5.92. The molecule has 0 spiro atoms. The van der Waals surface area contributed by atoms with Gasteiger partial charge in [0.15, 0.2) is 11.6 Å². The first-order valence-electron chi connectivity index (χ1n) is 14.2. The van der Waals surface area contributed by atoms with Crippen LogP contribution in [0.3, 0.4) is 0 Å². The molecule has 0 unspecified atom stereocenters. The van der Waals surface area contributed by atoms with Gasteiger partial charge in [-0.25, -0.2) is 18.4 Å². The van der Waals surface area contributed by atoms with Gasteiger partial charge in [0.2, 0.25) is 11.8 Å². The Bertz CT molecular complexity index is 1820. The van der Waals surface area contributed by atoms with E-state index >= 15 is 0 Å². The Kier molecular flexibility index (Phi) is 7.95. The molecule has 228 valence electrons. The van der Waals surface area contributed by atoms with Gasteiger partial charge in [-0.05, 0) is 43.2 Å². The van der Waals surface area contributed by atoms with E-state index in [1.165, 1.54) is 26.4 Å². The molecule has 1 saturated carbocycles. The summed E-state index contributed by atoms with van der Waals surface area (Å²) >= 11 is 0. The zero-order valence-corrected chi connectivity index (χ0v) is 25.1. The highest BCUT2D eigenvalue weighted by Crippen LogP contribution is 2.34. The fourth-order valence-electron chi connectivity index (χ4n) is 5.04. The predicted molar refractivity (Wildman–Crippen MR) is 166 cm³/mol. The summed E-state index contributed by atoms with van der Waals surface area (Å²) in [5.74, 6) is 1.42. The molecule has 1 aromatic heterocycles. The molecule has 0 bridgehead atoms. The maximum absolute atomic E-state index is 13.6. The number of methoxy groups -OCH3 is 2. The number of likely N-dealkylation sites (tertiary alicyclic amines) is 1. The van der Waals surface area contributed by atoms with Crippen molar-refractivity contribution in [3.05, 3.63) is 66.7 Å². The number of benzene rings is 3. The number of amides is 2. The van der Waals surface area contributed by atoms with Crippen molar-refractivity contribution in [1.82, 2.24) is 14.9 Å². The second kappa shape index (κ2) is 12.0. The Morgan fingerprint density at radius 2 is 1.52 bits per heavy atom. The van der Waals surface area contributed by atoms with Crippen LogP contribution in [0, 0.1) is 11.8 Å². The lowest BCUT2D eigenvalue weighted by Gasteiger charge is -2.39. The molecule has 6 rings (SSSR count). The highest BCUT2D eigenvalue weighted by Gasteiger charge is 2.39. The van der Waals surface area contributed by atoms with E-state index in [9.17, 15) is 18.0 Å². The number of nitrogens with one attached hydrogen (secondary N) is 3. The van der Waals surface area contributed by atoms with Gasteiger partial charge in [-0.3, -0.25) is 14.3 Å². The number of nitrogens with zero attached hydrogens (tertiary/aromatic N) is 3. The molecule has 1 saturated heterocycles. The highest BCUT2D eigenvalue weighted by molar-refractivity contribution is 7.92. The number of carbonyl (C=O) groups is 2. The fraction of sp³-hybridized carbons (Fsp3) is 0.290. The minimum Gasteiger partial charge on any atom is -0.497 e. The van der Waals surface area contributed by atoms with Crippen molar-refractivity contribution in [2.75, 3.05) is 42.7 Å². The smallest absolute Gasteiger partial charge is 0.263 e. The molecule has 2 amide bonds. The van der Waals surface area contributed by atoms with Crippen LogP contribution in [0.2, 0.25) is 0 Å². The number of carbonyl (C=O) groups excluding carboxylic acids is 2. The minimum absolute atomic E-state index is 0.0183. The van der Waals surface area contributed by atoms with Crippen LogP contribution >= 0.6 is 0 Å². The summed E-state index contributed by atoms with van der Waals surface area (Å²) in [6, 6.07) is 18.2. The van der Waals surface area contributed by atoms with Gasteiger partial charge in [-0.15, -0.1) is 0 Å². The Balaban J connectivity index is 1.19. The van der Waals surface area contributed by atoms with Crippen molar-refractivity contribution in [2.24, 2.45) is 11.8 Å². The predicted octanol–water partition coefficient (Wildman–Crippen LogP) is 4.39. The Labute approximate surface area is 254 Å². The molecule has 0 atom stereocenters. The molecule has 12 nitrogen and oxygen atoms in total. The van der Waals surface area contributed by atoms with E-state index in [1.54, 1.807) is 53.4 Å². The minimum atomic E-state index is -4.15. The first-order chi connectivity index (χ1) is 21.2. The molecule has 1 aliphatic heterocycles. The lowest BCUT2D eigenvalue weighted by Crippen LogP contribution is -2.51. The highest BCUT2D eigenvalue weighted by atomic mass is 32.2. The summed E-state index contributed by atoms with van der Waals surface area (Å²) < 4.78 is 40.4. The van der Waals surface area contributed by atoms with Gasteiger partial charge >= 0.3 is 0 Å². The molecule has 44 heavy (non-hydrogen) atoms. The average molecular weight is 617 g/mol. The molecule has 4 aromatic rings. The largest absolute Gasteiger partial charge is 0.497 e. The van der Waals surface area contributed by atoms with Gasteiger partial charge in [-0.2, -0.15) is 0 Å². The van der Waals surface area contributed by atoms with Gasteiger partial charge in [0.05, 0.1) is 30.1 Å². The molecule has 2 aliphatic rings. The monoisotopic (exact) mass is 616 g/mol. The van der Waals surface area contributed by atoms with Crippen molar-refractivity contribution < 1.29 is 27.5 Å². The summed E-state index contributed by atoms with van der Waals surface area (Å²) in [4.78, 5) is 35.7. The van der Waals surface area contributed by atoms with Crippen LogP contribution in [0.5, 0.6) is 11.5 Å². The number of para-hydroxylation sites is 2. The lowest BCUT2D eigenvalue weighted by atomic mass is 9.95. The molecule has 1 aliphatic carbocycles. The zero-order chi connectivity index (χ0) is 30.8. The number of fused-ring (bicyclic) bond motifs is 1. The summed E-state index contributed by atoms with van der Waals surface area (Å²) in [6.45, 7) is 1.15. The molecule has 3 N–H and O–H groups in total. The molecule has 13 heteroatoms. The molecule has 2 fully saturated rings. The van der Waals surface area contributed by atoms with Crippen molar-refractivity contribution in [3.63, 3.8) is 0 Å². The number of hydrogen-bond acceptors (Lipinski definition) is 9. The van der Waals surface area contributed by atoms with Crippen molar-refractivity contribution >= 4 is 55.9 Å². The van der Waals surface area contributed by atoms with Crippen molar-refractivity contribution in [1.29, 1.82) is 0 Å². The van der Waals surface area contributed by atoms with Crippen LogP contribution < -0.4 is 24.8 Å². The van der Waals surface area contributed by atoms with Crippen LogP contribution in [0.4, 0.5) is 23.0 Å². The number of rotatable bonds is 11. The summed E-state index contributed by atoms with van der Waals surface area (Å²) in [5.41, 5.74) is 1.94. The van der Waals surface area contributed by atoms with Crippen LogP contribution in [0.15, 0.2) is 71.6 Å². The average Bonchev–Trinajstić information content (AvgIpc) is 3.84. The number of anilines is 4. The van der Waals surface area contributed by atoms with E-state index in [4.69, 9.17) is 9.47 Å². The number of sulfonamides is 1. The molecular weight excluding hydrogens is 584 g/mol. The zero-order valence-electron chi connectivity index (χ0n) is 24.2. The summed E-state index contributed by atoms with van der Waals surface area (Å²) in [7, 11) is -1.09. The number of ether oxygens (including phenoxy) is 2.